The number of anilines is 1. The largest absolute Gasteiger partial charge is 0.375 e. The van der Waals surface area contributed by atoms with Gasteiger partial charge in [0, 0.05) is 22.1 Å². The second-order valence-corrected chi connectivity index (χ2v) is 6.75. The van der Waals surface area contributed by atoms with E-state index >= 15 is 0 Å². The van der Waals surface area contributed by atoms with Gasteiger partial charge in [-0.15, -0.1) is 6.58 Å². The van der Waals surface area contributed by atoms with Gasteiger partial charge in [-0.05, 0) is 42.5 Å². The summed E-state index contributed by atoms with van der Waals surface area (Å²) in [4.78, 5) is 26.7. The Kier molecular flexibility index (Phi) is 4.58. The first-order valence-corrected chi connectivity index (χ1v) is 8.40. The van der Waals surface area contributed by atoms with Gasteiger partial charge in [-0.2, -0.15) is 0 Å². The first kappa shape index (κ1) is 17.5. The maximum Gasteiger partial charge on any atom is 0.264 e. The van der Waals surface area contributed by atoms with Gasteiger partial charge >= 0.3 is 0 Å². The summed E-state index contributed by atoms with van der Waals surface area (Å²) in [5.74, 6) is -1.48. The molecule has 0 aromatic heterocycles. The first-order valence-electron chi connectivity index (χ1n) is 7.61. The smallest absolute Gasteiger partial charge is 0.264 e. The highest BCUT2D eigenvalue weighted by atomic mass is 79.9. The Morgan fingerprint density at radius 1 is 1.28 bits per heavy atom. The summed E-state index contributed by atoms with van der Waals surface area (Å²) in [6, 6.07) is 10.1. The Bertz CT molecular complexity index is 865. The Morgan fingerprint density at radius 2 is 1.96 bits per heavy atom. The molecule has 1 aliphatic heterocycles. The van der Waals surface area contributed by atoms with E-state index in [1.807, 2.05) is 0 Å². The van der Waals surface area contributed by atoms with Crippen molar-refractivity contribution in [3.63, 3.8) is 0 Å². The molecule has 4 nitrogen and oxygen atoms in total. The minimum atomic E-state index is -1.96. The maximum absolute atomic E-state index is 13.0. The van der Waals surface area contributed by atoms with Crippen LogP contribution in [0.5, 0.6) is 0 Å². The summed E-state index contributed by atoms with van der Waals surface area (Å²) in [6.45, 7) is 3.85. The molecule has 3 rings (SSSR count). The molecular weight excluding hydrogens is 389 g/mol. The van der Waals surface area contributed by atoms with Crippen LogP contribution in [0.25, 0.3) is 0 Å². The third kappa shape index (κ3) is 3.03. The predicted molar refractivity (Wildman–Crippen MR) is 95.9 cm³/mol. The van der Waals surface area contributed by atoms with Gasteiger partial charge in [-0.25, -0.2) is 4.39 Å². The monoisotopic (exact) mass is 403 g/mol. The third-order valence-electron chi connectivity index (χ3n) is 4.19. The number of hydrogen-bond acceptors (Lipinski definition) is 3. The molecule has 0 bridgehead atoms. The average Bonchev–Trinajstić information content (AvgIpc) is 2.77. The zero-order valence-corrected chi connectivity index (χ0v) is 14.8. The molecule has 0 spiro atoms. The van der Waals surface area contributed by atoms with Gasteiger partial charge in [0.05, 0.1) is 12.1 Å². The number of benzene rings is 2. The van der Waals surface area contributed by atoms with E-state index in [1.54, 1.807) is 24.3 Å². The molecule has 1 N–H and O–H groups in total. The van der Waals surface area contributed by atoms with E-state index in [4.69, 9.17) is 0 Å². The number of nitrogens with zero attached hydrogens (tertiary/aromatic N) is 1. The van der Waals surface area contributed by atoms with E-state index < -0.39 is 29.5 Å². The van der Waals surface area contributed by atoms with E-state index in [-0.39, 0.29) is 12.1 Å². The van der Waals surface area contributed by atoms with Gasteiger partial charge in [0.15, 0.2) is 11.4 Å². The van der Waals surface area contributed by atoms with Crippen LogP contribution < -0.4 is 4.90 Å². The van der Waals surface area contributed by atoms with Crippen LogP contribution in [0, 0.1) is 5.82 Å². The molecule has 0 saturated carbocycles. The van der Waals surface area contributed by atoms with Crippen molar-refractivity contribution in [3.8, 4) is 0 Å². The minimum Gasteiger partial charge on any atom is -0.375 e. The number of amides is 1. The number of rotatable bonds is 5. The summed E-state index contributed by atoms with van der Waals surface area (Å²) in [7, 11) is 0. The lowest BCUT2D eigenvalue weighted by Crippen LogP contribution is -2.41. The Labute approximate surface area is 152 Å². The number of halogens is 2. The van der Waals surface area contributed by atoms with Crippen molar-refractivity contribution in [2.24, 2.45) is 0 Å². The quantitative estimate of drug-likeness (QED) is 0.612. The van der Waals surface area contributed by atoms with Gasteiger partial charge in [0.25, 0.3) is 5.91 Å². The summed E-state index contributed by atoms with van der Waals surface area (Å²) < 4.78 is 13.7. The van der Waals surface area contributed by atoms with Crippen molar-refractivity contribution in [2.75, 3.05) is 11.4 Å². The number of hydrogen-bond donors (Lipinski definition) is 1. The van der Waals surface area contributed by atoms with Crippen LogP contribution in [0.15, 0.2) is 59.6 Å². The highest BCUT2D eigenvalue weighted by molar-refractivity contribution is 9.10. The molecule has 0 saturated heterocycles. The van der Waals surface area contributed by atoms with Gasteiger partial charge < -0.3 is 10.0 Å². The van der Waals surface area contributed by atoms with Crippen LogP contribution in [0.3, 0.4) is 0 Å². The van der Waals surface area contributed by atoms with E-state index in [0.717, 1.165) is 0 Å². The van der Waals surface area contributed by atoms with Crippen LogP contribution in [-0.4, -0.2) is 23.3 Å². The van der Waals surface area contributed by atoms with Crippen molar-refractivity contribution in [3.05, 3.63) is 76.5 Å². The second kappa shape index (κ2) is 6.54. The first-order chi connectivity index (χ1) is 11.9. The van der Waals surface area contributed by atoms with Crippen LogP contribution in [0.2, 0.25) is 0 Å². The molecule has 1 atom stereocenters. The number of carbonyl (C=O) groups excluding carboxylic acids is 2. The maximum atomic E-state index is 13.0. The van der Waals surface area contributed by atoms with Crippen molar-refractivity contribution in [1.82, 2.24) is 0 Å². The number of Topliss-reactive ketones (excluding diaryl/α,β-unsaturated/α-hetero) is 1. The fourth-order valence-corrected chi connectivity index (χ4v) is 3.34. The lowest BCUT2D eigenvalue weighted by molar-refractivity contribution is -0.135. The summed E-state index contributed by atoms with van der Waals surface area (Å²) >= 11 is 3.33. The Hall–Kier alpha value is -2.31. The van der Waals surface area contributed by atoms with Crippen molar-refractivity contribution >= 4 is 33.3 Å². The Balaban J connectivity index is 2.00. The van der Waals surface area contributed by atoms with E-state index in [2.05, 4.69) is 22.5 Å². The fraction of sp³-hybridized carbons (Fsp3) is 0.158. The van der Waals surface area contributed by atoms with Crippen molar-refractivity contribution in [2.45, 2.75) is 12.0 Å². The number of aliphatic hydroxyl groups is 1. The molecule has 128 valence electrons. The third-order valence-corrected chi connectivity index (χ3v) is 4.68. The molecule has 0 unspecified atom stereocenters. The molecule has 2 aromatic carbocycles. The van der Waals surface area contributed by atoms with Crippen LogP contribution in [0.1, 0.15) is 22.3 Å². The molecule has 1 amide bonds. The molecule has 25 heavy (non-hydrogen) atoms. The fourth-order valence-electron chi connectivity index (χ4n) is 2.97. The standard InChI is InChI=1S/C19H15BrFNO3/c1-2-9-22-16-8-5-13(20)10-15(16)19(25,18(22)24)11-17(23)12-3-6-14(21)7-4-12/h2-8,10,25H,1,9,11H2/t19-/m0/s1. The van der Waals surface area contributed by atoms with Gasteiger partial charge in [0.2, 0.25) is 0 Å². The summed E-state index contributed by atoms with van der Waals surface area (Å²) in [6.07, 6.45) is 1.13. The highest BCUT2D eigenvalue weighted by Gasteiger charge is 2.50. The topological polar surface area (TPSA) is 57.6 Å². The van der Waals surface area contributed by atoms with E-state index in [1.165, 1.54) is 29.2 Å². The zero-order chi connectivity index (χ0) is 18.2. The number of fused-ring (bicyclic) bond motifs is 1. The predicted octanol–water partition coefficient (Wildman–Crippen LogP) is 3.58. The highest BCUT2D eigenvalue weighted by Crippen LogP contribution is 2.44. The van der Waals surface area contributed by atoms with Gasteiger partial charge in [-0.1, -0.05) is 22.0 Å². The second-order valence-electron chi connectivity index (χ2n) is 5.83. The number of carbonyl (C=O) groups is 2. The van der Waals surface area contributed by atoms with Crippen LogP contribution in [0.4, 0.5) is 10.1 Å². The van der Waals surface area contributed by atoms with Gasteiger partial charge in [-0.3, -0.25) is 9.59 Å². The molecular formula is C19H15BrFNO3. The van der Waals surface area contributed by atoms with Crippen molar-refractivity contribution < 1.29 is 19.1 Å². The van der Waals surface area contributed by atoms with Crippen LogP contribution in [-0.2, 0) is 10.4 Å². The zero-order valence-electron chi connectivity index (χ0n) is 13.2. The average molecular weight is 404 g/mol. The molecule has 0 fully saturated rings. The molecule has 6 heteroatoms. The van der Waals surface area contributed by atoms with Gasteiger partial charge in [0.1, 0.15) is 5.82 Å². The normalized spacial score (nSPS) is 19.0. The SMILES string of the molecule is C=CCN1C(=O)[C@](O)(CC(=O)c2ccc(F)cc2)c2cc(Br)ccc21. The van der Waals surface area contributed by atoms with Crippen LogP contribution >= 0.6 is 15.9 Å². The van der Waals surface area contributed by atoms with E-state index in [0.29, 0.717) is 15.7 Å². The lowest BCUT2D eigenvalue weighted by atomic mass is 9.88. The summed E-state index contributed by atoms with van der Waals surface area (Å²) in [5, 5.41) is 11.1. The van der Waals surface area contributed by atoms with E-state index in [9.17, 15) is 19.1 Å². The van der Waals surface area contributed by atoms with Crippen molar-refractivity contribution in [1.29, 1.82) is 0 Å². The minimum absolute atomic E-state index is 0.223. The molecule has 0 radical (unpaired) electrons. The summed E-state index contributed by atoms with van der Waals surface area (Å²) in [5.41, 5.74) is -0.818. The molecule has 2 aromatic rings. The Morgan fingerprint density at radius 3 is 2.60 bits per heavy atom. The molecule has 1 heterocycles. The molecule has 0 aliphatic carbocycles. The lowest BCUT2D eigenvalue weighted by Gasteiger charge is -2.22. The molecule has 1 aliphatic rings. The number of ketones is 1.